The van der Waals surface area contributed by atoms with E-state index < -0.39 is 0 Å². The second-order valence-corrected chi connectivity index (χ2v) is 5.40. The van der Waals surface area contributed by atoms with E-state index in [0.717, 1.165) is 19.4 Å². The Morgan fingerprint density at radius 1 is 1.28 bits per heavy atom. The molecule has 0 aliphatic heterocycles. The second kappa shape index (κ2) is 7.61. The zero-order valence-corrected chi connectivity index (χ0v) is 13.3. The Labute approximate surface area is 119 Å². The van der Waals surface area contributed by atoms with Crippen LogP contribution in [0.3, 0.4) is 0 Å². The summed E-state index contributed by atoms with van der Waals surface area (Å²) >= 11 is 3.62. The van der Waals surface area contributed by atoms with Crippen molar-refractivity contribution in [3.05, 3.63) is 33.3 Å². The molecule has 1 aromatic carbocycles. The summed E-state index contributed by atoms with van der Waals surface area (Å²) in [6.45, 7) is 9.40. The van der Waals surface area contributed by atoms with Crippen molar-refractivity contribution in [3.63, 3.8) is 0 Å². The minimum Gasteiger partial charge on any atom is -0.309 e. The fourth-order valence-corrected chi connectivity index (χ4v) is 2.24. The standard InChI is InChI=1S/C16H22BrN/c1-5-7-8-15(18-9-6-2)14-10-12(3)16(17)13(4)11-14/h10-11,15,18H,6,8-9H2,1-4H3. The average Bonchev–Trinajstić information content (AvgIpc) is 2.35. The first-order chi connectivity index (χ1) is 8.60. The van der Waals surface area contributed by atoms with Gasteiger partial charge < -0.3 is 5.32 Å². The first-order valence-electron chi connectivity index (χ1n) is 6.49. The molecular formula is C16H22BrN. The number of halogens is 1. The van der Waals surface area contributed by atoms with Gasteiger partial charge in [0.2, 0.25) is 0 Å². The van der Waals surface area contributed by atoms with Crippen molar-refractivity contribution in [2.45, 2.75) is 46.6 Å². The highest BCUT2D eigenvalue weighted by Crippen LogP contribution is 2.26. The van der Waals surface area contributed by atoms with Crippen LogP contribution < -0.4 is 5.32 Å². The van der Waals surface area contributed by atoms with E-state index in [0.29, 0.717) is 6.04 Å². The van der Waals surface area contributed by atoms with Gasteiger partial charge in [-0.3, -0.25) is 0 Å². The predicted molar refractivity (Wildman–Crippen MR) is 82.7 cm³/mol. The fraction of sp³-hybridized carbons (Fsp3) is 0.500. The van der Waals surface area contributed by atoms with E-state index >= 15 is 0 Å². The van der Waals surface area contributed by atoms with Gasteiger partial charge in [0.15, 0.2) is 0 Å². The van der Waals surface area contributed by atoms with Crippen molar-refractivity contribution < 1.29 is 0 Å². The van der Waals surface area contributed by atoms with Crippen molar-refractivity contribution in [1.29, 1.82) is 0 Å². The molecule has 0 heterocycles. The summed E-state index contributed by atoms with van der Waals surface area (Å²) in [5, 5.41) is 3.58. The smallest absolute Gasteiger partial charge is 0.0431 e. The number of benzene rings is 1. The lowest BCUT2D eigenvalue weighted by atomic mass is 9.99. The largest absolute Gasteiger partial charge is 0.309 e. The molecule has 0 aliphatic carbocycles. The third kappa shape index (κ3) is 4.15. The minimum atomic E-state index is 0.336. The molecule has 2 heteroatoms. The van der Waals surface area contributed by atoms with E-state index in [2.05, 4.69) is 66.0 Å². The molecule has 0 saturated carbocycles. The summed E-state index contributed by atoms with van der Waals surface area (Å²) < 4.78 is 1.21. The van der Waals surface area contributed by atoms with Crippen LogP contribution >= 0.6 is 15.9 Å². The summed E-state index contributed by atoms with van der Waals surface area (Å²) in [6.07, 6.45) is 2.02. The third-order valence-electron chi connectivity index (χ3n) is 2.98. The van der Waals surface area contributed by atoms with Gasteiger partial charge >= 0.3 is 0 Å². The van der Waals surface area contributed by atoms with Gasteiger partial charge in [0.1, 0.15) is 0 Å². The molecule has 1 unspecified atom stereocenters. The minimum absolute atomic E-state index is 0.336. The first kappa shape index (κ1) is 15.3. The van der Waals surface area contributed by atoms with Gasteiger partial charge in [-0.1, -0.05) is 35.0 Å². The van der Waals surface area contributed by atoms with Gasteiger partial charge in [0.25, 0.3) is 0 Å². The van der Waals surface area contributed by atoms with Crippen molar-refractivity contribution in [3.8, 4) is 11.8 Å². The molecule has 0 bridgehead atoms. The van der Waals surface area contributed by atoms with Crippen LogP contribution in [-0.2, 0) is 0 Å². The molecule has 0 radical (unpaired) electrons. The van der Waals surface area contributed by atoms with Gasteiger partial charge in [0.05, 0.1) is 0 Å². The van der Waals surface area contributed by atoms with Gasteiger partial charge in [0, 0.05) is 16.9 Å². The highest BCUT2D eigenvalue weighted by molar-refractivity contribution is 9.10. The third-order valence-corrected chi connectivity index (χ3v) is 4.24. The number of nitrogens with one attached hydrogen (secondary N) is 1. The van der Waals surface area contributed by atoms with Crippen molar-refractivity contribution in [2.24, 2.45) is 0 Å². The summed E-state index contributed by atoms with van der Waals surface area (Å²) in [5.74, 6) is 6.17. The monoisotopic (exact) mass is 307 g/mol. The van der Waals surface area contributed by atoms with Gasteiger partial charge in [-0.15, -0.1) is 11.8 Å². The lowest BCUT2D eigenvalue weighted by Crippen LogP contribution is -2.22. The van der Waals surface area contributed by atoms with Crippen LogP contribution in [-0.4, -0.2) is 6.54 Å². The van der Waals surface area contributed by atoms with Crippen LogP contribution in [0, 0.1) is 25.7 Å². The van der Waals surface area contributed by atoms with Crippen LogP contribution in [0.5, 0.6) is 0 Å². The summed E-state index contributed by atoms with van der Waals surface area (Å²) in [5.41, 5.74) is 3.92. The molecule has 0 aromatic heterocycles. The molecule has 1 atom stereocenters. The average molecular weight is 308 g/mol. The Morgan fingerprint density at radius 2 is 1.89 bits per heavy atom. The highest BCUT2D eigenvalue weighted by atomic mass is 79.9. The summed E-state index contributed by atoms with van der Waals surface area (Å²) in [7, 11) is 0. The molecular weight excluding hydrogens is 286 g/mol. The summed E-state index contributed by atoms with van der Waals surface area (Å²) in [6, 6.07) is 4.84. The van der Waals surface area contributed by atoms with E-state index in [9.17, 15) is 0 Å². The van der Waals surface area contributed by atoms with Crippen LogP contribution in [0.1, 0.15) is 49.4 Å². The Kier molecular flexibility index (Phi) is 6.46. The molecule has 18 heavy (non-hydrogen) atoms. The van der Waals surface area contributed by atoms with E-state index in [1.165, 1.54) is 21.2 Å². The number of aryl methyl sites for hydroxylation is 2. The molecule has 1 rings (SSSR count). The van der Waals surface area contributed by atoms with E-state index in [4.69, 9.17) is 0 Å². The molecule has 0 aliphatic rings. The molecule has 0 amide bonds. The lowest BCUT2D eigenvalue weighted by Gasteiger charge is -2.18. The molecule has 0 saturated heterocycles. The number of hydrogen-bond acceptors (Lipinski definition) is 1. The Balaban J connectivity index is 2.98. The maximum atomic E-state index is 3.62. The topological polar surface area (TPSA) is 12.0 Å². The quantitative estimate of drug-likeness (QED) is 0.789. The van der Waals surface area contributed by atoms with Gasteiger partial charge in [-0.05, 0) is 50.4 Å². The van der Waals surface area contributed by atoms with Crippen LogP contribution in [0.25, 0.3) is 0 Å². The Bertz CT molecular complexity index is 431. The van der Waals surface area contributed by atoms with E-state index in [1.54, 1.807) is 0 Å². The zero-order chi connectivity index (χ0) is 13.5. The first-order valence-corrected chi connectivity index (χ1v) is 7.29. The Morgan fingerprint density at radius 3 is 2.39 bits per heavy atom. The Hall–Kier alpha value is -0.780. The molecule has 98 valence electrons. The molecule has 0 fully saturated rings. The molecule has 1 nitrogen and oxygen atoms in total. The normalized spacial score (nSPS) is 11.8. The molecule has 1 N–H and O–H groups in total. The van der Waals surface area contributed by atoms with Crippen molar-refractivity contribution in [1.82, 2.24) is 5.32 Å². The SMILES string of the molecule is CC#CCC(NCCC)c1cc(C)c(Br)c(C)c1. The lowest BCUT2D eigenvalue weighted by molar-refractivity contribution is 0.542. The molecule has 0 spiro atoms. The second-order valence-electron chi connectivity index (χ2n) is 4.61. The van der Waals surface area contributed by atoms with Crippen molar-refractivity contribution >= 4 is 15.9 Å². The molecule has 1 aromatic rings. The zero-order valence-electron chi connectivity index (χ0n) is 11.7. The van der Waals surface area contributed by atoms with E-state index in [1.807, 2.05) is 6.92 Å². The maximum absolute atomic E-state index is 3.62. The number of rotatable bonds is 5. The maximum Gasteiger partial charge on any atom is 0.0431 e. The van der Waals surface area contributed by atoms with Gasteiger partial charge in [-0.2, -0.15) is 0 Å². The predicted octanol–water partition coefficient (Wildman–Crippen LogP) is 4.52. The van der Waals surface area contributed by atoms with E-state index in [-0.39, 0.29) is 0 Å². The van der Waals surface area contributed by atoms with Crippen molar-refractivity contribution in [2.75, 3.05) is 6.54 Å². The number of hydrogen-bond donors (Lipinski definition) is 1. The van der Waals surface area contributed by atoms with Gasteiger partial charge in [-0.25, -0.2) is 0 Å². The van der Waals surface area contributed by atoms with Crippen LogP contribution in [0.15, 0.2) is 16.6 Å². The van der Waals surface area contributed by atoms with Crippen LogP contribution in [0.4, 0.5) is 0 Å². The summed E-state index contributed by atoms with van der Waals surface area (Å²) in [4.78, 5) is 0. The highest BCUT2D eigenvalue weighted by Gasteiger charge is 2.11. The van der Waals surface area contributed by atoms with Crippen LogP contribution in [0.2, 0.25) is 0 Å². The fourth-order valence-electron chi connectivity index (χ4n) is 2.01.